The summed E-state index contributed by atoms with van der Waals surface area (Å²) < 4.78 is 11.6. The smallest absolute Gasteiger partial charge is 0.254 e. The number of aromatic nitrogens is 2. The van der Waals surface area contributed by atoms with E-state index in [9.17, 15) is 14.7 Å². The first-order chi connectivity index (χ1) is 20.5. The summed E-state index contributed by atoms with van der Waals surface area (Å²) in [5.41, 5.74) is 4.91. The minimum Gasteiger partial charge on any atom is -0.475 e. The number of hydrogen-bond acceptors (Lipinski definition) is 9. The second kappa shape index (κ2) is 13.2. The molecule has 0 unspecified atom stereocenters. The van der Waals surface area contributed by atoms with E-state index in [0.717, 1.165) is 47.6 Å². The average Bonchev–Trinajstić information content (AvgIpc) is 3.72. The van der Waals surface area contributed by atoms with Gasteiger partial charge in [0.15, 0.2) is 5.76 Å². The van der Waals surface area contributed by atoms with Crippen molar-refractivity contribution in [3.63, 3.8) is 0 Å². The van der Waals surface area contributed by atoms with Gasteiger partial charge in [-0.1, -0.05) is 45.0 Å². The van der Waals surface area contributed by atoms with Gasteiger partial charge >= 0.3 is 0 Å². The van der Waals surface area contributed by atoms with Crippen LogP contribution in [0, 0.1) is 18.3 Å². The third-order valence-corrected chi connectivity index (χ3v) is 9.74. The van der Waals surface area contributed by atoms with E-state index in [1.165, 1.54) is 4.90 Å². The van der Waals surface area contributed by atoms with Crippen molar-refractivity contribution in [2.24, 2.45) is 11.3 Å². The molecule has 10 nitrogen and oxygen atoms in total. The van der Waals surface area contributed by atoms with Crippen molar-refractivity contribution in [2.75, 3.05) is 26.2 Å². The number of carbonyl (C=O) groups excluding carboxylic acids is 2. The van der Waals surface area contributed by atoms with Crippen LogP contribution in [0.3, 0.4) is 0 Å². The Balaban J connectivity index is 1.24. The maximum absolute atomic E-state index is 13.9. The first kappa shape index (κ1) is 31.2. The molecule has 0 bridgehead atoms. The molecule has 11 heteroatoms. The minimum atomic E-state index is -0.788. The van der Waals surface area contributed by atoms with Crippen LogP contribution in [0.1, 0.15) is 75.9 Å². The Morgan fingerprint density at radius 2 is 1.95 bits per heavy atom. The molecule has 5 rings (SSSR count). The van der Waals surface area contributed by atoms with Crippen molar-refractivity contribution in [3.8, 4) is 16.3 Å². The van der Waals surface area contributed by atoms with Gasteiger partial charge in [0.1, 0.15) is 12.0 Å². The van der Waals surface area contributed by atoms with E-state index in [4.69, 9.17) is 9.26 Å². The Kier molecular flexibility index (Phi) is 9.53. The molecule has 2 aromatic heterocycles. The van der Waals surface area contributed by atoms with Gasteiger partial charge in [-0.25, -0.2) is 4.98 Å². The van der Waals surface area contributed by atoms with Crippen LogP contribution < -0.4 is 15.4 Å². The predicted octanol–water partition coefficient (Wildman–Crippen LogP) is 4.45. The number of nitrogens with zero attached hydrogens (tertiary/aromatic N) is 3. The molecule has 1 aromatic carbocycles. The molecule has 43 heavy (non-hydrogen) atoms. The third-order valence-electron chi connectivity index (χ3n) is 8.77. The van der Waals surface area contributed by atoms with E-state index in [-0.39, 0.29) is 42.2 Å². The lowest BCUT2D eigenvalue weighted by Gasteiger charge is -2.33. The van der Waals surface area contributed by atoms with E-state index in [2.05, 4.69) is 27.7 Å². The van der Waals surface area contributed by atoms with Crippen LogP contribution >= 0.6 is 11.3 Å². The lowest BCUT2D eigenvalue weighted by Crippen LogP contribution is -2.48. The fourth-order valence-electron chi connectivity index (χ4n) is 6.02. The number of nitrogens with one attached hydrogen (secondary N) is 2. The predicted molar refractivity (Wildman–Crippen MR) is 165 cm³/mol. The number of carbonyl (C=O) groups is 2. The molecule has 2 fully saturated rings. The molecule has 3 N–H and O–H groups in total. The summed E-state index contributed by atoms with van der Waals surface area (Å²) in [5.74, 6) is -0.600. The number of rotatable bonds is 10. The number of β-amino-alcohol motifs (C(OH)–C–C–N with tert-alkyl or cyclic N) is 1. The van der Waals surface area contributed by atoms with Gasteiger partial charge < -0.3 is 29.9 Å². The number of hydrogen-bond donors (Lipinski definition) is 3. The van der Waals surface area contributed by atoms with Gasteiger partial charge in [-0.15, -0.1) is 11.3 Å². The lowest BCUT2D eigenvalue weighted by molar-refractivity contribution is -0.141. The number of thiazole rings is 1. The fraction of sp³-hybridized carbons (Fsp3) is 0.562. The number of amides is 2. The van der Waals surface area contributed by atoms with Crippen LogP contribution in [0.4, 0.5) is 0 Å². The van der Waals surface area contributed by atoms with Gasteiger partial charge in [0.2, 0.25) is 11.8 Å². The number of aliphatic hydroxyl groups is 1. The van der Waals surface area contributed by atoms with Gasteiger partial charge in [0.05, 0.1) is 34.8 Å². The summed E-state index contributed by atoms with van der Waals surface area (Å²) in [4.78, 5) is 34.4. The standard InChI is InChI=1S/C32H43N5O5S/c1-19(2)28(26-15-27(36-42-26)41-17-32(5)10-12-33-13-11-32)31(40)37-16-24(38)14-25(37)30(39)35-20(3)22-6-8-23(9-7-22)29-21(4)34-18-43-29/h6-9,15,18-20,24-25,28,33,38H,10-14,16-17H2,1-5H3,(H,35,39)/t20-,24+,25-,28-/m0/s1. The van der Waals surface area contributed by atoms with Crippen molar-refractivity contribution < 1.29 is 24.0 Å². The monoisotopic (exact) mass is 609 g/mol. The molecule has 4 atom stereocenters. The van der Waals surface area contributed by atoms with E-state index >= 15 is 0 Å². The Hall–Kier alpha value is -3.28. The molecule has 4 heterocycles. The normalized spacial score (nSPS) is 21.5. The molecule has 0 saturated carbocycles. The topological polar surface area (TPSA) is 130 Å². The van der Waals surface area contributed by atoms with Gasteiger partial charge in [-0.3, -0.25) is 9.59 Å². The van der Waals surface area contributed by atoms with Crippen molar-refractivity contribution in [3.05, 3.63) is 52.9 Å². The summed E-state index contributed by atoms with van der Waals surface area (Å²) in [6, 6.07) is 8.67. The van der Waals surface area contributed by atoms with E-state index in [1.54, 1.807) is 17.4 Å². The second-order valence-corrected chi connectivity index (χ2v) is 13.5. The Bertz CT molecular complexity index is 1400. The summed E-state index contributed by atoms with van der Waals surface area (Å²) in [5, 5.41) is 21.1. The molecule has 2 aliphatic rings. The molecular formula is C32H43N5O5S. The zero-order valence-corrected chi connectivity index (χ0v) is 26.4. The van der Waals surface area contributed by atoms with Crippen LogP contribution in [-0.2, 0) is 9.59 Å². The number of benzene rings is 1. The van der Waals surface area contributed by atoms with Crippen molar-refractivity contribution >= 4 is 23.2 Å². The average molecular weight is 610 g/mol. The number of aliphatic hydroxyl groups excluding tert-OH is 1. The van der Waals surface area contributed by atoms with Crippen LogP contribution in [0.25, 0.3) is 10.4 Å². The third kappa shape index (κ3) is 7.11. The fourth-order valence-corrected chi connectivity index (χ4v) is 6.84. The summed E-state index contributed by atoms with van der Waals surface area (Å²) in [6.45, 7) is 12.5. The highest BCUT2D eigenvalue weighted by atomic mass is 32.1. The highest BCUT2D eigenvalue weighted by molar-refractivity contribution is 7.13. The summed E-state index contributed by atoms with van der Waals surface area (Å²) >= 11 is 1.60. The van der Waals surface area contributed by atoms with Crippen molar-refractivity contribution in [2.45, 2.75) is 78.0 Å². The zero-order valence-electron chi connectivity index (χ0n) is 25.6. The summed E-state index contributed by atoms with van der Waals surface area (Å²) in [7, 11) is 0. The number of piperidine rings is 1. The second-order valence-electron chi connectivity index (χ2n) is 12.7. The number of ether oxygens (including phenoxy) is 1. The van der Waals surface area contributed by atoms with Gasteiger partial charge in [-0.2, -0.15) is 0 Å². The van der Waals surface area contributed by atoms with Crippen LogP contribution in [0.15, 0.2) is 40.4 Å². The maximum Gasteiger partial charge on any atom is 0.254 e. The molecule has 0 radical (unpaired) electrons. The van der Waals surface area contributed by atoms with Gasteiger partial charge in [0.25, 0.3) is 5.88 Å². The molecule has 2 aliphatic heterocycles. The molecule has 0 spiro atoms. The van der Waals surface area contributed by atoms with Crippen LogP contribution in [0.2, 0.25) is 0 Å². The van der Waals surface area contributed by atoms with E-state index in [0.29, 0.717) is 18.2 Å². The molecule has 232 valence electrons. The minimum absolute atomic E-state index is 0.0592. The van der Waals surface area contributed by atoms with Gasteiger partial charge in [0, 0.05) is 24.4 Å². The first-order valence-electron chi connectivity index (χ1n) is 15.1. The quantitative estimate of drug-likeness (QED) is 0.307. The van der Waals surface area contributed by atoms with Crippen molar-refractivity contribution in [1.29, 1.82) is 0 Å². The molecular weight excluding hydrogens is 566 g/mol. The van der Waals surface area contributed by atoms with Crippen molar-refractivity contribution in [1.82, 2.24) is 25.7 Å². The highest BCUT2D eigenvalue weighted by Crippen LogP contribution is 2.34. The maximum atomic E-state index is 13.9. The number of aryl methyl sites for hydroxylation is 1. The van der Waals surface area contributed by atoms with Crippen LogP contribution in [0.5, 0.6) is 5.88 Å². The molecule has 0 aliphatic carbocycles. The lowest BCUT2D eigenvalue weighted by atomic mass is 9.82. The first-order valence-corrected chi connectivity index (χ1v) is 16.0. The Morgan fingerprint density at radius 1 is 1.23 bits per heavy atom. The van der Waals surface area contributed by atoms with E-state index < -0.39 is 18.1 Å². The molecule has 3 aromatic rings. The van der Waals surface area contributed by atoms with E-state index in [1.807, 2.05) is 57.5 Å². The molecule has 2 amide bonds. The van der Waals surface area contributed by atoms with Crippen LogP contribution in [-0.4, -0.2) is 70.3 Å². The highest BCUT2D eigenvalue weighted by Gasteiger charge is 2.43. The summed E-state index contributed by atoms with van der Waals surface area (Å²) in [6.07, 6.45) is 1.42. The zero-order chi connectivity index (χ0) is 30.7. The largest absolute Gasteiger partial charge is 0.475 e. The Morgan fingerprint density at radius 3 is 2.60 bits per heavy atom. The van der Waals surface area contributed by atoms with Gasteiger partial charge in [-0.05, 0) is 62.0 Å². The SMILES string of the molecule is Cc1ncsc1-c1ccc([C@H](C)NC(=O)[C@@H]2C[C@@H](O)CN2C(=O)[C@H](c2cc(OCC3(C)CCNCC3)no2)C(C)C)cc1. The number of likely N-dealkylation sites (tertiary alicyclic amines) is 1. The molecule has 2 saturated heterocycles. The Labute approximate surface area is 257 Å².